The van der Waals surface area contributed by atoms with Gasteiger partial charge in [-0.2, -0.15) is 0 Å². The van der Waals surface area contributed by atoms with E-state index in [9.17, 15) is 0 Å². The van der Waals surface area contributed by atoms with Gasteiger partial charge < -0.3 is 15.4 Å². The predicted octanol–water partition coefficient (Wildman–Crippen LogP) is 4.01. The molecule has 1 unspecified atom stereocenters. The van der Waals surface area contributed by atoms with E-state index in [1.54, 1.807) is 18.7 Å². The third kappa shape index (κ3) is 6.57. The number of ether oxygens (including phenoxy) is 1. The van der Waals surface area contributed by atoms with E-state index in [1.165, 1.54) is 5.56 Å². The van der Waals surface area contributed by atoms with Crippen molar-refractivity contribution in [1.29, 1.82) is 0 Å². The SMILES string of the molecule is CCNC(=NCc1ccnc(-n2ccnc2)c1)NCc1ccc(C)cc1OC(C)CC. The smallest absolute Gasteiger partial charge is 0.191 e. The minimum atomic E-state index is 0.179. The van der Waals surface area contributed by atoms with Gasteiger partial charge in [0.15, 0.2) is 5.96 Å². The van der Waals surface area contributed by atoms with Gasteiger partial charge in [-0.3, -0.25) is 4.57 Å². The number of imidazole rings is 1. The molecule has 0 fully saturated rings. The van der Waals surface area contributed by atoms with Gasteiger partial charge in [-0.25, -0.2) is 15.0 Å². The lowest BCUT2D eigenvalue weighted by atomic mass is 10.1. The van der Waals surface area contributed by atoms with E-state index in [4.69, 9.17) is 9.73 Å². The van der Waals surface area contributed by atoms with Crippen molar-refractivity contribution >= 4 is 5.96 Å². The highest BCUT2D eigenvalue weighted by atomic mass is 16.5. The summed E-state index contributed by atoms with van der Waals surface area (Å²) in [5.41, 5.74) is 3.38. The molecule has 31 heavy (non-hydrogen) atoms. The van der Waals surface area contributed by atoms with Crippen LogP contribution in [-0.2, 0) is 13.1 Å². The lowest BCUT2D eigenvalue weighted by Gasteiger charge is -2.18. The monoisotopic (exact) mass is 420 g/mol. The lowest BCUT2D eigenvalue weighted by molar-refractivity contribution is 0.215. The minimum Gasteiger partial charge on any atom is -0.490 e. The molecule has 1 atom stereocenters. The predicted molar refractivity (Wildman–Crippen MR) is 125 cm³/mol. The van der Waals surface area contributed by atoms with Gasteiger partial charge in [-0.1, -0.05) is 19.1 Å². The molecule has 2 aromatic heterocycles. The summed E-state index contributed by atoms with van der Waals surface area (Å²) in [6.45, 7) is 10.3. The molecule has 0 amide bonds. The summed E-state index contributed by atoms with van der Waals surface area (Å²) in [6.07, 6.45) is 8.30. The largest absolute Gasteiger partial charge is 0.490 e. The molecule has 0 saturated carbocycles. The molecule has 0 radical (unpaired) electrons. The molecule has 2 heterocycles. The Bertz CT molecular complexity index is 983. The van der Waals surface area contributed by atoms with Gasteiger partial charge in [-0.15, -0.1) is 0 Å². The third-order valence-electron chi connectivity index (χ3n) is 4.91. The van der Waals surface area contributed by atoms with Crippen LogP contribution in [0.5, 0.6) is 5.75 Å². The molecular weight excluding hydrogens is 388 g/mol. The van der Waals surface area contributed by atoms with Crippen molar-refractivity contribution in [2.75, 3.05) is 6.54 Å². The highest BCUT2D eigenvalue weighted by Gasteiger charge is 2.09. The molecule has 0 saturated heterocycles. The summed E-state index contributed by atoms with van der Waals surface area (Å²) in [5, 5.41) is 6.74. The molecule has 3 rings (SSSR count). The summed E-state index contributed by atoms with van der Waals surface area (Å²) < 4.78 is 8.01. The zero-order valence-electron chi connectivity index (χ0n) is 18.8. The van der Waals surface area contributed by atoms with Crippen LogP contribution in [0.15, 0.2) is 60.2 Å². The van der Waals surface area contributed by atoms with Crippen molar-refractivity contribution in [2.24, 2.45) is 4.99 Å². The van der Waals surface area contributed by atoms with Crippen LogP contribution < -0.4 is 15.4 Å². The first kappa shape index (κ1) is 22.3. The first-order valence-corrected chi connectivity index (χ1v) is 10.8. The lowest BCUT2D eigenvalue weighted by Crippen LogP contribution is -2.37. The van der Waals surface area contributed by atoms with Crippen LogP contribution in [0.25, 0.3) is 5.82 Å². The topological polar surface area (TPSA) is 76.4 Å². The van der Waals surface area contributed by atoms with Gasteiger partial charge in [-0.05, 0) is 56.5 Å². The number of aromatic nitrogens is 3. The van der Waals surface area contributed by atoms with Crippen molar-refractivity contribution in [3.05, 3.63) is 71.9 Å². The second-order valence-corrected chi connectivity index (χ2v) is 7.49. The van der Waals surface area contributed by atoms with E-state index >= 15 is 0 Å². The molecule has 0 aliphatic carbocycles. The Morgan fingerprint density at radius 2 is 2.03 bits per heavy atom. The number of hydrogen-bond donors (Lipinski definition) is 2. The maximum absolute atomic E-state index is 6.13. The average molecular weight is 421 g/mol. The maximum Gasteiger partial charge on any atom is 0.191 e. The zero-order chi connectivity index (χ0) is 22.1. The highest BCUT2D eigenvalue weighted by molar-refractivity contribution is 5.79. The Labute approximate surface area is 184 Å². The second kappa shape index (κ2) is 11.2. The van der Waals surface area contributed by atoms with E-state index < -0.39 is 0 Å². The van der Waals surface area contributed by atoms with E-state index in [2.05, 4.69) is 66.5 Å². The number of nitrogens with one attached hydrogen (secondary N) is 2. The number of aliphatic imine (C=N–C) groups is 1. The van der Waals surface area contributed by atoms with Gasteiger partial charge in [0.05, 0.1) is 12.6 Å². The van der Waals surface area contributed by atoms with E-state index in [-0.39, 0.29) is 6.10 Å². The van der Waals surface area contributed by atoms with Crippen LogP contribution in [0.3, 0.4) is 0 Å². The number of hydrogen-bond acceptors (Lipinski definition) is 4. The standard InChI is InChI=1S/C24H32N6O/c1-5-19(4)31-22-13-18(3)7-8-21(22)16-29-24(26-6-2)28-15-20-9-10-27-23(14-20)30-12-11-25-17-30/h7-14,17,19H,5-6,15-16H2,1-4H3,(H2,26,28,29). The van der Waals surface area contributed by atoms with Gasteiger partial charge in [0.25, 0.3) is 0 Å². The molecule has 7 nitrogen and oxygen atoms in total. The molecule has 0 bridgehead atoms. The first-order valence-electron chi connectivity index (χ1n) is 10.8. The van der Waals surface area contributed by atoms with Crippen LogP contribution in [0.1, 0.15) is 43.9 Å². The maximum atomic E-state index is 6.13. The summed E-state index contributed by atoms with van der Waals surface area (Å²) in [5.74, 6) is 2.52. The van der Waals surface area contributed by atoms with Crippen LogP contribution in [-0.4, -0.2) is 33.1 Å². The van der Waals surface area contributed by atoms with Crippen LogP contribution in [0.2, 0.25) is 0 Å². The van der Waals surface area contributed by atoms with E-state index in [0.29, 0.717) is 13.1 Å². The molecule has 3 aromatic rings. The Balaban J connectivity index is 1.69. The molecule has 0 aliphatic rings. The average Bonchev–Trinajstić information content (AvgIpc) is 3.32. The minimum absolute atomic E-state index is 0.179. The van der Waals surface area contributed by atoms with Gasteiger partial charge in [0.2, 0.25) is 0 Å². The second-order valence-electron chi connectivity index (χ2n) is 7.49. The van der Waals surface area contributed by atoms with E-state index in [0.717, 1.165) is 41.6 Å². The highest BCUT2D eigenvalue weighted by Crippen LogP contribution is 2.22. The zero-order valence-corrected chi connectivity index (χ0v) is 18.8. The summed E-state index contributed by atoms with van der Waals surface area (Å²) in [4.78, 5) is 13.2. The van der Waals surface area contributed by atoms with Gasteiger partial charge >= 0.3 is 0 Å². The normalized spacial score (nSPS) is 12.5. The fourth-order valence-corrected chi connectivity index (χ4v) is 3.00. The van der Waals surface area contributed by atoms with Crippen molar-refractivity contribution in [1.82, 2.24) is 25.2 Å². The van der Waals surface area contributed by atoms with Crippen molar-refractivity contribution in [3.8, 4) is 11.6 Å². The molecule has 0 aliphatic heterocycles. The molecular formula is C24H32N6O. The quantitative estimate of drug-likeness (QED) is 0.404. The first-order chi connectivity index (χ1) is 15.1. The summed E-state index contributed by atoms with van der Waals surface area (Å²) >= 11 is 0. The number of rotatable bonds is 9. The molecule has 7 heteroatoms. The van der Waals surface area contributed by atoms with Gasteiger partial charge in [0.1, 0.15) is 17.9 Å². The Hall–Kier alpha value is -3.35. The fourth-order valence-electron chi connectivity index (χ4n) is 3.00. The summed E-state index contributed by atoms with van der Waals surface area (Å²) in [6, 6.07) is 10.3. The summed E-state index contributed by atoms with van der Waals surface area (Å²) in [7, 11) is 0. The molecule has 2 N–H and O–H groups in total. The molecule has 164 valence electrons. The fraction of sp³-hybridized carbons (Fsp3) is 0.375. The number of aryl methyl sites for hydroxylation is 1. The van der Waals surface area contributed by atoms with E-state index in [1.807, 2.05) is 22.9 Å². The van der Waals surface area contributed by atoms with Crippen LogP contribution in [0, 0.1) is 6.92 Å². The third-order valence-corrected chi connectivity index (χ3v) is 4.91. The Kier molecular flexibility index (Phi) is 8.04. The molecule has 0 spiro atoms. The van der Waals surface area contributed by atoms with Crippen molar-refractivity contribution in [2.45, 2.75) is 53.3 Å². The number of benzene rings is 1. The Morgan fingerprint density at radius 1 is 1.16 bits per heavy atom. The van der Waals surface area contributed by atoms with Gasteiger partial charge in [0, 0.05) is 37.2 Å². The number of pyridine rings is 1. The number of nitrogens with zero attached hydrogens (tertiary/aromatic N) is 4. The Morgan fingerprint density at radius 3 is 2.77 bits per heavy atom. The van der Waals surface area contributed by atoms with Crippen LogP contribution >= 0.6 is 0 Å². The number of guanidine groups is 1. The molecule has 1 aromatic carbocycles. The van der Waals surface area contributed by atoms with Crippen molar-refractivity contribution in [3.63, 3.8) is 0 Å². The van der Waals surface area contributed by atoms with Crippen LogP contribution in [0.4, 0.5) is 0 Å². The van der Waals surface area contributed by atoms with Crippen molar-refractivity contribution < 1.29 is 4.74 Å².